The van der Waals surface area contributed by atoms with Gasteiger partial charge in [0.25, 0.3) is 0 Å². The number of anilines is 1. The van der Waals surface area contributed by atoms with E-state index in [4.69, 9.17) is 0 Å². The SMILES string of the molecule is CCC(=O)N(c1ccccc1)C(C)C1CCCN(CCCc2ccccc2)C1. The lowest BCUT2D eigenvalue weighted by Gasteiger charge is -2.40. The number of amides is 1. The van der Waals surface area contributed by atoms with Gasteiger partial charge in [-0.2, -0.15) is 0 Å². The Morgan fingerprint density at radius 3 is 2.46 bits per heavy atom. The van der Waals surface area contributed by atoms with E-state index in [0.717, 1.165) is 25.2 Å². The van der Waals surface area contributed by atoms with Crippen LogP contribution >= 0.6 is 0 Å². The molecular weight excluding hydrogens is 344 g/mol. The molecule has 150 valence electrons. The highest BCUT2D eigenvalue weighted by Crippen LogP contribution is 2.28. The van der Waals surface area contributed by atoms with Crippen LogP contribution in [0.5, 0.6) is 0 Å². The Bertz CT molecular complexity index is 716. The zero-order valence-corrected chi connectivity index (χ0v) is 17.4. The van der Waals surface area contributed by atoms with Gasteiger partial charge in [0.05, 0.1) is 0 Å². The molecule has 2 aromatic rings. The normalized spacial score (nSPS) is 18.6. The number of para-hydroxylation sites is 1. The minimum atomic E-state index is 0.222. The van der Waals surface area contributed by atoms with E-state index in [0.29, 0.717) is 12.3 Å². The number of nitrogens with zero attached hydrogens (tertiary/aromatic N) is 2. The fraction of sp³-hybridized carbons (Fsp3) is 0.480. The van der Waals surface area contributed by atoms with Crippen LogP contribution in [0.2, 0.25) is 0 Å². The standard InChI is InChI=1S/C25H34N2O/c1-3-25(28)27(24-16-8-5-9-17-24)21(2)23-15-11-19-26(20-23)18-10-14-22-12-6-4-7-13-22/h4-9,12-13,16-17,21,23H,3,10-11,14-15,18-20H2,1-2H3. The molecule has 2 atom stereocenters. The fourth-order valence-corrected chi connectivity index (χ4v) is 4.42. The Morgan fingerprint density at radius 2 is 1.79 bits per heavy atom. The number of rotatable bonds is 8. The largest absolute Gasteiger partial charge is 0.309 e. The Balaban J connectivity index is 1.59. The van der Waals surface area contributed by atoms with Gasteiger partial charge in [-0.3, -0.25) is 4.79 Å². The highest BCUT2D eigenvalue weighted by molar-refractivity contribution is 5.93. The van der Waals surface area contributed by atoms with Crippen LogP contribution in [0.3, 0.4) is 0 Å². The van der Waals surface area contributed by atoms with E-state index in [9.17, 15) is 4.79 Å². The van der Waals surface area contributed by atoms with Crippen LogP contribution < -0.4 is 4.90 Å². The first kappa shape index (κ1) is 20.6. The van der Waals surface area contributed by atoms with E-state index in [-0.39, 0.29) is 11.9 Å². The molecule has 1 aliphatic heterocycles. The van der Waals surface area contributed by atoms with E-state index in [1.807, 2.05) is 30.0 Å². The van der Waals surface area contributed by atoms with Crippen molar-refractivity contribution in [3.63, 3.8) is 0 Å². The number of aryl methyl sites for hydroxylation is 1. The van der Waals surface area contributed by atoms with Gasteiger partial charge in [0.1, 0.15) is 0 Å². The molecule has 0 aliphatic carbocycles. The number of benzene rings is 2. The number of piperidine rings is 1. The van der Waals surface area contributed by atoms with E-state index in [2.05, 4.69) is 54.3 Å². The average molecular weight is 379 g/mol. The van der Waals surface area contributed by atoms with Crippen LogP contribution in [0.1, 0.15) is 45.1 Å². The molecule has 2 aromatic carbocycles. The summed E-state index contributed by atoms with van der Waals surface area (Å²) in [5.41, 5.74) is 2.45. The molecule has 3 heteroatoms. The van der Waals surface area contributed by atoms with Crippen molar-refractivity contribution in [2.75, 3.05) is 24.5 Å². The van der Waals surface area contributed by atoms with Crippen molar-refractivity contribution in [2.24, 2.45) is 5.92 Å². The highest BCUT2D eigenvalue weighted by atomic mass is 16.2. The topological polar surface area (TPSA) is 23.6 Å². The van der Waals surface area contributed by atoms with Gasteiger partial charge >= 0.3 is 0 Å². The summed E-state index contributed by atoms with van der Waals surface area (Å²) in [6.07, 6.45) is 5.32. The van der Waals surface area contributed by atoms with Crippen molar-refractivity contribution in [3.8, 4) is 0 Å². The number of likely N-dealkylation sites (tertiary alicyclic amines) is 1. The number of carbonyl (C=O) groups excluding carboxylic acids is 1. The zero-order valence-electron chi connectivity index (χ0n) is 17.4. The Labute approximate surface area is 170 Å². The maximum Gasteiger partial charge on any atom is 0.226 e. The lowest BCUT2D eigenvalue weighted by atomic mass is 9.89. The molecule has 28 heavy (non-hydrogen) atoms. The Kier molecular flexibility index (Phi) is 7.67. The first-order valence-corrected chi connectivity index (χ1v) is 10.8. The van der Waals surface area contributed by atoms with Gasteiger partial charge in [0.15, 0.2) is 0 Å². The molecule has 0 spiro atoms. The van der Waals surface area contributed by atoms with E-state index < -0.39 is 0 Å². The molecular formula is C25H34N2O. The lowest BCUT2D eigenvalue weighted by Crippen LogP contribution is -2.48. The smallest absolute Gasteiger partial charge is 0.226 e. The van der Waals surface area contributed by atoms with Gasteiger partial charge in [0.2, 0.25) is 5.91 Å². The minimum absolute atomic E-state index is 0.222. The van der Waals surface area contributed by atoms with Crippen molar-refractivity contribution in [1.82, 2.24) is 4.90 Å². The van der Waals surface area contributed by atoms with Crippen molar-refractivity contribution in [2.45, 2.75) is 52.0 Å². The third-order valence-electron chi connectivity index (χ3n) is 6.02. The van der Waals surface area contributed by atoms with Crippen LogP contribution in [0.15, 0.2) is 60.7 Å². The van der Waals surface area contributed by atoms with Gasteiger partial charge in [-0.1, -0.05) is 55.5 Å². The lowest BCUT2D eigenvalue weighted by molar-refractivity contribution is -0.119. The van der Waals surface area contributed by atoms with Crippen molar-refractivity contribution >= 4 is 11.6 Å². The first-order chi connectivity index (χ1) is 13.7. The summed E-state index contributed by atoms with van der Waals surface area (Å²) in [5, 5.41) is 0. The van der Waals surface area contributed by atoms with Crippen LogP contribution in [-0.2, 0) is 11.2 Å². The quantitative estimate of drug-likeness (QED) is 0.633. The highest BCUT2D eigenvalue weighted by Gasteiger charge is 2.31. The molecule has 1 saturated heterocycles. The first-order valence-electron chi connectivity index (χ1n) is 10.8. The molecule has 1 aliphatic rings. The average Bonchev–Trinajstić information content (AvgIpc) is 2.75. The Hall–Kier alpha value is -2.13. The molecule has 0 radical (unpaired) electrons. The second-order valence-corrected chi connectivity index (χ2v) is 7.99. The van der Waals surface area contributed by atoms with E-state index >= 15 is 0 Å². The summed E-state index contributed by atoms with van der Waals surface area (Å²) in [4.78, 5) is 17.4. The van der Waals surface area contributed by atoms with Crippen molar-refractivity contribution in [3.05, 3.63) is 66.2 Å². The van der Waals surface area contributed by atoms with Crippen LogP contribution in [0.25, 0.3) is 0 Å². The number of carbonyl (C=O) groups is 1. The summed E-state index contributed by atoms with van der Waals surface area (Å²) >= 11 is 0. The molecule has 1 fully saturated rings. The third kappa shape index (κ3) is 5.45. The molecule has 0 bridgehead atoms. The maximum absolute atomic E-state index is 12.7. The summed E-state index contributed by atoms with van der Waals surface area (Å²) in [5.74, 6) is 0.751. The Morgan fingerprint density at radius 1 is 1.11 bits per heavy atom. The molecule has 0 saturated carbocycles. The van der Waals surface area contributed by atoms with Crippen LogP contribution in [0.4, 0.5) is 5.69 Å². The molecule has 0 N–H and O–H groups in total. The van der Waals surface area contributed by atoms with Crippen LogP contribution in [0, 0.1) is 5.92 Å². The van der Waals surface area contributed by atoms with Crippen LogP contribution in [-0.4, -0.2) is 36.5 Å². The van der Waals surface area contributed by atoms with Gasteiger partial charge in [-0.15, -0.1) is 0 Å². The predicted molar refractivity (Wildman–Crippen MR) is 118 cm³/mol. The number of hydrogen-bond donors (Lipinski definition) is 0. The van der Waals surface area contributed by atoms with Gasteiger partial charge in [0, 0.05) is 24.7 Å². The van der Waals surface area contributed by atoms with Crippen molar-refractivity contribution in [1.29, 1.82) is 0 Å². The predicted octanol–water partition coefficient (Wildman–Crippen LogP) is 5.16. The fourth-order valence-electron chi connectivity index (χ4n) is 4.42. The van der Waals surface area contributed by atoms with Crippen molar-refractivity contribution < 1.29 is 4.79 Å². The van der Waals surface area contributed by atoms with Gasteiger partial charge < -0.3 is 9.80 Å². The van der Waals surface area contributed by atoms with E-state index in [1.165, 1.54) is 31.4 Å². The molecule has 2 unspecified atom stereocenters. The molecule has 0 aromatic heterocycles. The molecule has 3 nitrogen and oxygen atoms in total. The monoisotopic (exact) mass is 378 g/mol. The summed E-state index contributed by atoms with van der Waals surface area (Å²) in [6.45, 7) is 7.62. The second kappa shape index (κ2) is 10.4. The third-order valence-corrected chi connectivity index (χ3v) is 6.02. The summed E-state index contributed by atoms with van der Waals surface area (Å²) < 4.78 is 0. The summed E-state index contributed by atoms with van der Waals surface area (Å²) in [7, 11) is 0. The second-order valence-electron chi connectivity index (χ2n) is 7.99. The van der Waals surface area contributed by atoms with Gasteiger partial charge in [-0.25, -0.2) is 0 Å². The number of hydrogen-bond acceptors (Lipinski definition) is 2. The van der Waals surface area contributed by atoms with E-state index in [1.54, 1.807) is 0 Å². The maximum atomic E-state index is 12.7. The minimum Gasteiger partial charge on any atom is -0.309 e. The molecule has 3 rings (SSSR count). The van der Waals surface area contributed by atoms with Gasteiger partial charge in [-0.05, 0) is 69.3 Å². The summed E-state index contributed by atoms with van der Waals surface area (Å²) in [6, 6.07) is 21.2. The molecule has 1 amide bonds. The molecule has 1 heterocycles. The zero-order chi connectivity index (χ0) is 19.8.